The van der Waals surface area contributed by atoms with Gasteiger partial charge in [-0.3, -0.25) is 9.59 Å². The molecule has 0 saturated carbocycles. The predicted octanol–water partition coefficient (Wildman–Crippen LogP) is 5.84. The molecule has 8 nitrogen and oxygen atoms in total. The van der Waals surface area contributed by atoms with Gasteiger partial charge in [0.1, 0.15) is 24.0 Å². The van der Waals surface area contributed by atoms with E-state index < -0.39 is 17.6 Å². The Morgan fingerprint density at radius 3 is 2.22 bits per heavy atom. The molecule has 0 aliphatic heterocycles. The SMILES string of the molecule is CC(C)(C)OC(=O)CNc1cccc(-c2ccc(C[C@H](Nc3ccccc3C(=O)c3ccccc3)C(=O)O)cc2)n1. The summed E-state index contributed by atoms with van der Waals surface area (Å²) in [6.45, 7) is 5.44. The average Bonchev–Trinajstić information content (AvgIpc) is 2.96. The van der Waals surface area contributed by atoms with Gasteiger partial charge in [0.25, 0.3) is 0 Å². The Labute approximate surface area is 239 Å². The smallest absolute Gasteiger partial charge is 0.326 e. The molecule has 0 aliphatic rings. The molecule has 0 amide bonds. The second-order valence-corrected chi connectivity index (χ2v) is 10.5. The number of ketones is 1. The number of aromatic nitrogens is 1. The van der Waals surface area contributed by atoms with E-state index in [9.17, 15) is 19.5 Å². The summed E-state index contributed by atoms with van der Waals surface area (Å²) in [4.78, 5) is 41.9. The zero-order valence-electron chi connectivity index (χ0n) is 23.3. The number of rotatable bonds is 11. The molecule has 4 aromatic rings. The van der Waals surface area contributed by atoms with Crippen LogP contribution >= 0.6 is 0 Å². The first-order chi connectivity index (χ1) is 19.6. The molecule has 210 valence electrons. The van der Waals surface area contributed by atoms with E-state index in [-0.39, 0.29) is 24.7 Å². The monoisotopic (exact) mass is 551 g/mol. The van der Waals surface area contributed by atoms with Gasteiger partial charge in [0.2, 0.25) is 0 Å². The van der Waals surface area contributed by atoms with Crippen LogP contribution in [0.2, 0.25) is 0 Å². The van der Waals surface area contributed by atoms with Gasteiger partial charge in [0.05, 0.1) is 5.69 Å². The predicted molar refractivity (Wildman–Crippen MR) is 159 cm³/mol. The van der Waals surface area contributed by atoms with Crippen LogP contribution in [0, 0.1) is 0 Å². The van der Waals surface area contributed by atoms with Crippen LogP contribution in [-0.2, 0) is 20.7 Å². The van der Waals surface area contributed by atoms with Crippen molar-refractivity contribution >= 4 is 29.2 Å². The maximum absolute atomic E-state index is 13.1. The van der Waals surface area contributed by atoms with E-state index >= 15 is 0 Å². The molecule has 1 aromatic heterocycles. The van der Waals surface area contributed by atoms with Crippen LogP contribution in [0.1, 0.15) is 42.3 Å². The highest BCUT2D eigenvalue weighted by Crippen LogP contribution is 2.23. The summed E-state index contributed by atoms with van der Waals surface area (Å²) in [5, 5.41) is 16.0. The third-order valence-electron chi connectivity index (χ3n) is 6.11. The average molecular weight is 552 g/mol. The second-order valence-electron chi connectivity index (χ2n) is 10.5. The number of nitrogens with zero attached hydrogens (tertiary/aromatic N) is 1. The fraction of sp³-hybridized carbons (Fsp3) is 0.212. The standard InChI is InChI=1S/C33H33N3O5/c1-33(2,3)41-30(37)21-34-29-15-9-14-26(36-29)23-18-16-22(17-19-23)20-28(32(39)40)35-27-13-8-7-12-25(27)31(38)24-10-5-4-6-11-24/h4-19,28,35H,20-21H2,1-3H3,(H,34,36)(H,39,40)/t28-/m0/s1. The first-order valence-electron chi connectivity index (χ1n) is 13.3. The summed E-state index contributed by atoms with van der Waals surface area (Å²) < 4.78 is 5.32. The van der Waals surface area contributed by atoms with E-state index in [1.807, 2.05) is 63.2 Å². The number of benzene rings is 3. The molecule has 0 unspecified atom stereocenters. The number of ether oxygens (including phenoxy) is 1. The lowest BCUT2D eigenvalue weighted by Gasteiger charge is -2.19. The lowest BCUT2D eigenvalue weighted by molar-refractivity contribution is -0.152. The summed E-state index contributed by atoms with van der Waals surface area (Å²) >= 11 is 0. The molecule has 1 atom stereocenters. The van der Waals surface area contributed by atoms with Gasteiger partial charge >= 0.3 is 11.9 Å². The van der Waals surface area contributed by atoms with Crippen LogP contribution in [-0.4, -0.2) is 46.0 Å². The molecule has 0 radical (unpaired) electrons. The maximum atomic E-state index is 13.1. The van der Waals surface area contributed by atoms with Crippen molar-refractivity contribution in [1.29, 1.82) is 0 Å². The molecule has 0 fully saturated rings. The molecule has 0 spiro atoms. The Balaban J connectivity index is 1.44. The van der Waals surface area contributed by atoms with Gasteiger partial charge < -0.3 is 20.5 Å². The highest BCUT2D eigenvalue weighted by Gasteiger charge is 2.21. The molecule has 3 aromatic carbocycles. The third-order valence-corrected chi connectivity index (χ3v) is 6.11. The molecular weight excluding hydrogens is 518 g/mol. The van der Waals surface area contributed by atoms with Crippen LogP contribution in [0.25, 0.3) is 11.3 Å². The van der Waals surface area contributed by atoms with Crippen LogP contribution in [0.5, 0.6) is 0 Å². The van der Waals surface area contributed by atoms with Crippen molar-refractivity contribution in [2.45, 2.75) is 38.8 Å². The summed E-state index contributed by atoms with van der Waals surface area (Å²) in [6, 6.07) is 27.8. The van der Waals surface area contributed by atoms with Gasteiger partial charge in [-0.15, -0.1) is 0 Å². The number of carbonyl (C=O) groups is 3. The van der Waals surface area contributed by atoms with Gasteiger partial charge in [-0.25, -0.2) is 9.78 Å². The number of carboxylic acids is 1. The van der Waals surface area contributed by atoms with Crippen molar-refractivity contribution in [3.63, 3.8) is 0 Å². The fourth-order valence-electron chi connectivity index (χ4n) is 4.22. The molecule has 3 N–H and O–H groups in total. The van der Waals surface area contributed by atoms with E-state index in [0.717, 1.165) is 11.1 Å². The molecule has 0 saturated heterocycles. The molecule has 8 heteroatoms. The number of hydrogen-bond donors (Lipinski definition) is 3. The minimum absolute atomic E-state index is 0.00366. The Hall–Kier alpha value is -4.98. The minimum atomic E-state index is -1.03. The summed E-state index contributed by atoms with van der Waals surface area (Å²) in [6.07, 6.45) is 0.203. The number of carboxylic acid groups (broad SMARTS) is 1. The number of anilines is 2. The summed E-state index contributed by atoms with van der Waals surface area (Å²) in [5.41, 5.74) is 3.19. The van der Waals surface area contributed by atoms with Crippen molar-refractivity contribution in [2.24, 2.45) is 0 Å². The highest BCUT2D eigenvalue weighted by molar-refractivity contribution is 6.12. The van der Waals surface area contributed by atoms with Crippen LogP contribution in [0.3, 0.4) is 0 Å². The van der Waals surface area contributed by atoms with Crippen LogP contribution in [0.15, 0.2) is 97.1 Å². The number of para-hydroxylation sites is 1. The molecule has 1 heterocycles. The second kappa shape index (κ2) is 12.9. The van der Waals surface area contributed by atoms with Gasteiger partial charge in [-0.1, -0.05) is 72.8 Å². The van der Waals surface area contributed by atoms with Crippen molar-refractivity contribution in [3.05, 3.63) is 114 Å². The summed E-state index contributed by atoms with van der Waals surface area (Å²) in [5.74, 6) is -1.04. The van der Waals surface area contributed by atoms with Crippen molar-refractivity contribution in [3.8, 4) is 11.3 Å². The minimum Gasteiger partial charge on any atom is -0.480 e. The Bertz CT molecular complexity index is 1510. The number of carbonyl (C=O) groups excluding carboxylic acids is 2. The first kappa shape index (κ1) is 29.0. The Morgan fingerprint density at radius 2 is 1.54 bits per heavy atom. The zero-order valence-corrected chi connectivity index (χ0v) is 23.3. The van der Waals surface area contributed by atoms with E-state index in [1.165, 1.54) is 0 Å². The van der Waals surface area contributed by atoms with E-state index in [2.05, 4.69) is 15.6 Å². The van der Waals surface area contributed by atoms with Crippen molar-refractivity contribution in [1.82, 2.24) is 4.98 Å². The molecule has 0 aliphatic carbocycles. The molecule has 41 heavy (non-hydrogen) atoms. The lowest BCUT2D eigenvalue weighted by atomic mass is 9.99. The zero-order chi connectivity index (χ0) is 29.4. The highest BCUT2D eigenvalue weighted by atomic mass is 16.6. The summed E-state index contributed by atoms with van der Waals surface area (Å²) in [7, 11) is 0. The van der Waals surface area contributed by atoms with Crippen molar-refractivity contribution < 1.29 is 24.2 Å². The molecular formula is C33H33N3O5. The van der Waals surface area contributed by atoms with E-state index in [0.29, 0.717) is 28.3 Å². The number of hydrogen-bond acceptors (Lipinski definition) is 7. The molecule has 0 bridgehead atoms. The molecule has 4 rings (SSSR count). The first-order valence-corrected chi connectivity index (χ1v) is 13.3. The van der Waals surface area contributed by atoms with Gasteiger partial charge in [0, 0.05) is 28.8 Å². The van der Waals surface area contributed by atoms with E-state index in [4.69, 9.17) is 4.74 Å². The van der Waals surface area contributed by atoms with Crippen molar-refractivity contribution in [2.75, 3.05) is 17.2 Å². The topological polar surface area (TPSA) is 118 Å². The number of nitrogens with one attached hydrogen (secondary N) is 2. The van der Waals surface area contributed by atoms with Gasteiger partial charge in [0.15, 0.2) is 5.78 Å². The number of aliphatic carboxylic acids is 1. The number of esters is 1. The van der Waals surface area contributed by atoms with Gasteiger partial charge in [-0.2, -0.15) is 0 Å². The third kappa shape index (κ3) is 8.25. The largest absolute Gasteiger partial charge is 0.480 e. The van der Waals surface area contributed by atoms with Crippen LogP contribution in [0.4, 0.5) is 11.5 Å². The Morgan fingerprint density at radius 1 is 0.854 bits per heavy atom. The Kier molecular flexibility index (Phi) is 9.14. The quantitative estimate of drug-likeness (QED) is 0.157. The number of pyridine rings is 1. The van der Waals surface area contributed by atoms with E-state index in [1.54, 1.807) is 54.6 Å². The lowest BCUT2D eigenvalue weighted by Crippen LogP contribution is -2.32. The maximum Gasteiger partial charge on any atom is 0.326 e. The van der Waals surface area contributed by atoms with Crippen LogP contribution < -0.4 is 10.6 Å². The van der Waals surface area contributed by atoms with Gasteiger partial charge in [-0.05, 0) is 50.6 Å². The fourth-order valence-corrected chi connectivity index (χ4v) is 4.22. The normalized spacial score (nSPS) is 11.8.